The molecule has 0 spiro atoms. The van der Waals surface area contributed by atoms with Crippen molar-refractivity contribution in [3.63, 3.8) is 0 Å². The fourth-order valence-electron chi connectivity index (χ4n) is 4.87. The number of aryl methyl sites for hydroxylation is 1. The first-order valence-electron chi connectivity index (χ1n) is 11.8. The number of rotatable bonds is 6. The van der Waals surface area contributed by atoms with Gasteiger partial charge in [0.25, 0.3) is 11.5 Å². The van der Waals surface area contributed by atoms with Crippen LogP contribution in [0.5, 0.6) is 0 Å². The number of hydrogen-bond acceptors (Lipinski definition) is 4. The smallest absolute Gasteiger partial charge is 0.349 e. The number of alkyl halides is 3. The van der Waals surface area contributed by atoms with E-state index in [1.807, 2.05) is 23.8 Å². The molecular weight excluding hydrogens is 461 g/mol. The molecular formula is C25H29F3N4O3. The lowest BCUT2D eigenvalue weighted by Crippen LogP contribution is -2.63. The molecule has 10 heteroatoms. The predicted molar refractivity (Wildman–Crippen MR) is 124 cm³/mol. The Labute approximate surface area is 201 Å². The van der Waals surface area contributed by atoms with Gasteiger partial charge in [0.15, 0.2) is 0 Å². The Balaban J connectivity index is 1.17. The molecule has 0 radical (unpaired) electrons. The number of hydrogen-bond donors (Lipinski definition) is 2. The summed E-state index contributed by atoms with van der Waals surface area (Å²) in [4.78, 5) is 38.9. The number of aromatic nitrogens is 1. The largest absolute Gasteiger partial charge is 0.416 e. The number of halogens is 3. The second-order valence-corrected chi connectivity index (χ2v) is 9.39. The van der Waals surface area contributed by atoms with Gasteiger partial charge < -0.3 is 15.2 Å². The zero-order chi connectivity index (χ0) is 25.2. The molecule has 1 saturated heterocycles. The SMILES string of the molecule is Cc1ccn([C@H]2CC[C@@H](N3CC(NC(=O)CNC(=O)c4cccc(C(F)(F)F)c4)C3)CC2)c(=O)c1. The molecule has 2 N–H and O–H groups in total. The van der Waals surface area contributed by atoms with Crippen LogP contribution in [0.2, 0.25) is 0 Å². The number of amides is 2. The van der Waals surface area contributed by atoms with Crippen LogP contribution in [0.3, 0.4) is 0 Å². The van der Waals surface area contributed by atoms with Crippen LogP contribution in [-0.2, 0) is 11.0 Å². The molecule has 1 aromatic carbocycles. The molecule has 0 unspecified atom stereocenters. The monoisotopic (exact) mass is 490 g/mol. The lowest BCUT2D eigenvalue weighted by molar-refractivity contribution is -0.137. The van der Waals surface area contributed by atoms with Crippen molar-refractivity contribution in [2.45, 2.75) is 56.9 Å². The summed E-state index contributed by atoms with van der Waals surface area (Å²) in [5.74, 6) is -1.11. The van der Waals surface area contributed by atoms with E-state index in [-0.39, 0.29) is 35.7 Å². The van der Waals surface area contributed by atoms with E-state index in [9.17, 15) is 27.6 Å². The minimum atomic E-state index is -4.54. The topological polar surface area (TPSA) is 83.4 Å². The van der Waals surface area contributed by atoms with E-state index < -0.39 is 17.6 Å². The van der Waals surface area contributed by atoms with Gasteiger partial charge in [0.05, 0.1) is 18.2 Å². The van der Waals surface area contributed by atoms with Crippen LogP contribution in [0, 0.1) is 6.92 Å². The first kappa shape index (κ1) is 25.0. The number of nitrogens with zero attached hydrogens (tertiary/aromatic N) is 2. The standard InChI is InChI=1S/C25H29F3N4O3/c1-16-9-10-32(23(34)11-16)21-7-5-20(6-8-21)31-14-19(15-31)30-22(33)13-29-24(35)17-3-2-4-18(12-17)25(26,27)28/h2-4,9-12,19-21H,5-8,13-15H2,1H3,(H,29,35)(H,30,33)/t20-,21+. The van der Waals surface area contributed by atoms with Gasteiger partial charge in [-0.3, -0.25) is 19.3 Å². The van der Waals surface area contributed by atoms with Crippen LogP contribution in [-0.4, -0.2) is 53.0 Å². The van der Waals surface area contributed by atoms with E-state index in [4.69, 9.17) is 0 Å². The second kappa shape index (κ2) is 10.2. The molecule has 35 heavy (non-hydrogen) atoms. The minimum Gasteiger partial charge on any atom is -0.349 e. The van der Waals surface area contributed by atoms with Gasteiger partial charge in [-0.05, 0) is 62.4 Å². The van der Waals surface area contributed by atoms with Crippen LogP contribution < -0.4 is 16.2 Å². The number of benzene rings is 1. The predicted octanol–water partition coefficient (Wildman–Crippen LogP) is 2.89. The normalized spacial score (nSPS) is 21.3. The van der Waals surface area contributed by atoms with Crippen molar-refractivity contribution in [3.8, 4) is 0 Å². The van der Waals surface area contributed by atoms with Crippen LogP contribution in [0.1, 0.15) is 53.2 Å². The van der Waals surface area contributed by atoms with E-state index in [1.54, 1.807) is 6.07 Å². The quantitative estimate of drug-likeness (QED) is 0.653. The summed E-state index contributed by atoms with van der Waals surface area (Å²) in [5, 5.41) is 5.23. The van der Waals surface area contributed by atoms with E-state index in [2.05, 4.69) is 15.5 Å². The molecule has 1 aromatic heterocycles. The number of likely N-dealkylation sites (tertiary alicyclic amines) is 1. The Morgan fingerprint density at radius 3 is 2.37 bits per heavy atom. The Bertz CT molecular complexity index is 1130. The first-order valence-corrected chi connectivity index (χ1v) is 11.8. The third-order valence-corrected chi connectivity index (χ3v) is 6.82. The van der Waals surface area contributed by atoms with Gasteiger partial charge in [0, 0.05) is 43.0 Å². The average molecular weight is 491 g/mol. The van der Waals surface area contributed by atoms with E-state index >= 15 is 0 Å². The highest BCUT2D eigenvalue weighted by atomic mass is 19.4. The molecule has 2 aliphatic rings. The summed E-state index contributed by atoms with van der Waals surface area (Å²) in [6.45, 7) is 3.04. The highest BCUT2D eigenvalue weighted by molar-refractivity contribution is 5.96. The lowest BCUT2D eigenvalue weighted by Gasteiger charge is -2.46. The number of nitrogens with one attached hydrogen (secondary N) is 2. The second-order valence-electron chi connectivity index (χ2n) is 9.39. The van der Waals surface area contributed by atoms with Crippen molar-refractivity contribution >= 4 is 11.8 Å². The minimum absolute atomic E-state index is 0.0228. The van der Waals surface area contributed by atoms with Gasteiger partial charge in [-0.2, -0.15) is 13.2 Å². The molecule has 0 bridgehead atoms. The third-order valence-electron chi connectivity index (χ3n) is 6.82. The Hall–Kier alpha value is -3.14. The zero-order valence-corrected chi connectivity index (χ0v) is 19.5. The number of carbonyl (C=O) groups is 2. The zero-order valence-electron chi connectivity index (χ0n) is 19.5. The van der Waals surface area contributed by atoms with Crippen LogP contribution in [0.25, 0.3) is 0 Å². The summed E-state index contributed by atoms with van der Waals surface area (Å²) < 4.78 is 40.3. The summed E-state index contributed by atoms with van der Waals surface area (Å²) in [7, 11) is 0. The van der Waals surface area contributed by atoms with Crippen molar-refractivity contribution in [3.05, 3.63) is 69.6 Å². The maximum atomic E-state index is 12.8. The maximum Gasteiger partial charge on any atom is 0.416 e. The highest BCUT2D eigenvalue weighted by Crippen LogP contribution is 2.32. The first-order chi connectivity index (χ1) is 16.6. The maximum absolute atomic E-state index is 12.8. The van der Waals surface area contributed by atoms with E-state index in [1.165, 1.54) is 6.07 Å². The Morgan fingerprint density at radius 1 is 1.03 bits per heavy atom. The summed E-state index contributed by atoms with van der Waals surface area (Å²) >= 11 is 0. The molecule has 2 fully saturated rings. The molecule has 2 aromatic rings. The lowest BCUT2D eigenvalue weighted by atomic mass is 9.87. The summed E-state index contributed by atoms with van der Waals surface area (Å²) in [5.41, 5.74) is -0.0563. The fourth-order valence-corrected chi connectivity index (χ4v) is 4.87. The van der Waals surface area contributed by atoms with Crippen molar-refractivity contribution in [2.75, 3.05) is 19.6 Å². The molecule has 0 atom stereocenters. The van der Waals surface area contributed by atoms with Gasteiger partial charge >= 0.3 is 6.18 Å². The van der Waals surface area contributed by atoms with Crippen LogP contribution >= 0.6 is 0 Å². The summed E-state index contributed by atoms with van der Waals surface area (Å²) in [6, 6.07) is 8.32. The highest BCUT2D eigenvalue weighted by Gasteiger charge is 2.35. The van der Waals surface area contributed by atoms with Gasteiger partial charge in [0.1, 0.15) is 0 Å². The van der Waals surface area contributed by atoms with Gasteiger partial charge in [-0.25, -0.2) is 0 Å². The van der Waals surface area contributed by atoms with Crippen molar-refractivity contribution in [1.82, 2.24) is 20.1 Å². The molecule has 188 valence electrons. The van der Waals surface area contributed by atoms with Crippen LogP contribution in [0.4, 0.5) is 13.2 Å². The molecule has 2 amide bonds. The number of carbonyl (C=O) groups excluding carboxylic acids is 2. The van der Waals surface area contributed by atoms with Gasteiger partial charge in [-0.15, -0.1) is 0 Å². The molecule has 4 rings (SSSR count). The molecule has 2 heterocycles. The van der Waals surface area contributed by atoms with Crippen molar-refractivity contribution < 1.29 is 22.8 Å². The Kier molecular flexibility index (Phi) is 7.30. The molecule has 1 aliphatic carbocycles. The van der Waals surface area contributed by atoms with Crippen molar-refractivity contribution in [2.24, 2.45) is 0 Å². The van der Waals surface area contributed by atoms with Crippen LogP contribution in [0.15, 0.2) is 47.4 Å². The van der Waals surface area contributed by atoms with Gasteiger partial charge in [0.2, 0.25) is 5.91 Å². The summed E-state index contributed by atoms with van der Waals surface area (Å²) in [6.07, 6.45) is 1.17. The average Bonchev–Trinajstić information content (AvgIpc) is 2.79. The van der Waals surface area contributed by atoms with E-state index in [0.717, 1.165) is 49.4 Å². The molecule has 1 saturated carbocycles. The molecule has 7 nitrogen and oxygen atoms in total. The van der Waals surface area contributed by atoms with E-state index in [0.29, 0.717) is 19.1 Å². The van der Waals surface area contributed by atoms with Gasteiger partial charge in [-0.1, -0.05) is 6.07 Å². The molecule has 1 aliphatic heterocycles. The van der Waals surface area contributed by atoms with Crippen molar-refractivity contribution in [1.29, 1.82) is 0 Å². The Morgan fingerprint density at radius 2 is 1.71 bits per heavy atom. The third kappa shape index (κ3) is 6.11. The fraction of sp³-hybridized carbons (Fsp3) is 0.480. The number of pyridine rings is 1.